The van der Waals surface area contributed by atoms with Gasteiger partial charge >= 0.3 is 6.03 Å². The normalized spacial score (nSPS) is 27.5. The lowest BCUT2D eigenvalue weighted by Gasteiger charge is -2.40. The van der Waals surface area contributed by atoms with Crippen LogP contribution >= 0.6 is 0 Å². The summed E-state index contributed by atoms with van der Waals surface area (Å²) in [5.74, 6) is 0.451. The van der Waals surface area contributed by atoms with Gasteiger partial charge in [0, 0.05) is 39.3 Å². The molecule has 0 spiro atoms. The van der Waals surface area contributed by atoms with Crippen LogP contribution in [0.2, 0.25) is 0 Å². The highest BCUT2D eigenvalue weighted by Gasteiger charge is 2.53. The molecule has 1 saturated carbocycles. The van der Waals surface area contributed by atoms with Gasteiger partial charge in [0.1, 0.15) is 5.54 Å². The number of benzene rings is 1. The number of piperidine rings is 1. The van der Waals surface area contributed by atoms with E-state index in [0.29, 0.717) is 45.3 Å². The maximum absolute atomic E-state index is 13.8. The van der Waals surface area contributed by atoms with E-state index in [1.54, 1.807) is 0 Å². The number of hydrogen-bond donors (Lipinski definition) is 1. The SMILES string of the molecule is C[C@@]1(C2CCN(C(=O)[C@H](c3ccccc3)C3CCCC3)CC2)NC(=O)N(CCN2CCOCC2)C1=O. The van der Waals surface area contributed by atoms with Crippen LogP contribution in [0, 0.1) is 11.8 Å². The van der Waals surface area contributed by atoms with Gasteiger partial charge in [-0.3, -0.25) is 19.4 Å². The first kappa shape index (κ1) is 25.2. The fraction of sp³-hybridized carbons (Fsp3) is 0.679. The summed E-state index contributed by atoms with van der Waals surface area (Å²) in [7, 11) is 0. The molecule has 8 nitrogen and oxygen atoms in total. The molecule has 0 aromatic heterocycles. The zero-order valence-electron chi connectivity index (χ0n) is 21.5. The number of ether oxygens (including phenoxy) is 1. The molecule has 3 aliphatic heterocycles. The number of nitrogens with one attached hydrogen (secondary N) is 1. The molecule has 1 N–H and O–H groups in total. The standard InChI is InChI=1S/C28H40N4O4/c1-28(26(34)32(27(35)29-28)16-15-30-17-19-36-20-18-30)23-11-13-31(14-12-23)25(33)24(22-9-5-6-10-22)21-7-3-2-4-8-21/h2-4,7-8,22-24H,5-6,9-20H2,1H3,(H,29,35)/t24-,28+/m1/s1. The molecule has 4 amide bonds. The first-order chi connectivity index (χ1) is 17.5. The van der Waals surface area contributed by atoms with Gasteiger partial charge in [-0.05, 0) is 50.0 Å². The second-order valence-electron chi connectivity index (χ2n) is 11.1. The van der Waals surface area contributed by atoms with Crippen LogP contribution in [0.4, 0.5) is 4.79 Å². The zero-order valence-corrected chi connectivity index (χ0v) is 21.5. The Hall–Kier alpha value is -2.45. The maximum atomic E-state index is 13.8. The number of hydrogen-bond acceptors (Lipinski definition) is 5. The number of rotatable bonds is 7. The average molecular weight is 497 g/mol. The molecule has 36 heavy (non-hydrogen) atoms. The maximum Gasteiger partial charge on any atom is 0.325 e. The van der Waals surface area contributed by atoms with E-state index in [2.05, 4.69) is 22.3 Å². The minimum absolute atomic E-state index is 0.0213. The van der Waals surface area contributed by atoms with Crippen molar-refractivity contribution < 1.29 is 19.1 Å². The molecule has 0 unspecified atom stereocenters. The number of carbonyl (C=O) groups is 3. The van der Waals surface area contributed by atoms with Gasteiger partial charge in [-0.1, -0.05) is 43.2 Å². The molecule has 4 fully saturated rings. The quantitative estimate of drug-likeness (QED) is 0.587. The molecule has 3 saturated heterocycles. The first-order valence-electron chi connectivity index (χ1n) is 13.8. The molecule has 2 atom stereocenters. The Kier molecular flexibility index (Phi) is 7.62. The van der Waals surface area contributed by atoms with Crippen LogP contribution < -0.4 is 5.32 Å². The lowest BCUT2D eigenvalue weighted by molar-refractivity contribution is -0.137. The van der Waals surface area contributed by atoms with Crippen molar-refractivity contribution in [3.8, 4) is 0 Å². The molecule has 1 aromatic rings. The fourth-order valence-electron chi connectivity index (χ4n) is 6.70. The average Bonchev–Trinajstić information content (AvgIpc) is 3.51. The van der Waals surface area contributed by atoms with E-state index >= 15 is 0 Å². The minimum Gasteiger partial charge on any atom is -0.379 e. The molecule has 3 heterocycles. The van der Waals surface area contributed by atoms with Gasteiger partial charge in [0.25, 0.3) is 5.91 Å². The Morgan fingerprint density at radius 2 is 1.67 bits per heavy atom. The van der Waals surface area contributed by atoms with Crippen LogP contribution in [-0.4, -0.2) is 90.6 Å². The van der Waals surface area contributed by atoms with Crippen LogP contribution in [0.25, 0.3) is 0 Å². The molecule has 5 rings (SSSR count). The molecule has 1 aromatic carbocycles. The van der Waals surface area contributed by atoms with Crippen molar-refractivity contribution >= 4 is 17.8 Å². The summed E-state index contributed by atoms with van der Waals surface area (Å²) in [5.41, 5.74) is 0.222. The fourth-order valence-corrected chi connectivity index (χ4v) is 6.70. The van der Waals surface area contributed by atoms with Crippen molar-refractivity contribution in [1.29, 1.82) is 0 Å². The summed E-state index contributed by atoms with van der Waals surface area (Å²) in [6, 6.07) is 9.94. The minimum atomic E-state index is -0.901. The summed E-state index contributed by atoms with van der Waals surface area (Å²) in [4.78, 5) is 45.6. The first-order valence-corrected chi connectivity index (χ1v) is 13.8. The van der Waals surface area contributed by atoms with Crippen molar-refractivity contribution in [1.82, 2.24) is 20.0 Å². The number of likely N-dealkylation sites (tertiary alicyclic amines) is 1. The van der Waals surface area contributed by atoms with Gasteiger partial charge in [-0.25, -0.2) is 4.79 Å². The third kappa shape index (κ3) is 5.02. The highest BCUT2D eigenvalue weighted by atomic mass is 16.5. The summed E-state index contributed by atoms with van der Waals surface area (Å²) >= 11 is 0. The Morgan fingerprint density at radius 1 is 1.00 bits per heavy atom. The van der Waals surface area contributed by atoms with E-state index in [4.69, 9.17) is 4.74 Å². The van der Waals surface area contributed by atoms with Gasteiger partial charge in [-0.2, -0.15) is 0 Å². The molecule has 8 heteroatoms. The number of urea groups is 1. The molecule has 1 aliphatic carbocycles. The summed E-state index contributed by atoms with van der Waals surface area (Å²) < 4.78 is 5.39. The molecule has 196 valence electrons. The Balaban J connectivity index is 1.20. The van der Waals surface area contributed by atoms with Gasteiger partial charge in [0.15, 0.2) is 0 Å². The summed E-state index contributed by atoms with van der Waals surface area (Å²) in [6.07, 6.45) is 6.06. The monoisotopic (exact) mass is 496 g/mol. The summed E-state index contributed by atoms with van der Waals surface area (Å²) in [6.45, 7) is 7.26. The second kappa shape index (κ2) is 10.9. The van der Waals surface area contributed by atoms with E-state index < -0.39 is 5.54 Å². The van der Waals surface area contributed by atoms with Crippen molar-refractivity contribution in [3.63, 3.8) is 0 Å². The van der Waals surface area contributed by atoms with E-state index in [1.165, 1.54) is 17.7 Å². The third-order valence-corrected chi connectivity index (χ3v) is 8.96. The molecule has 4 aliphatic rings. The number of amides is 4. The van der Waals surface area contributed by atoms with E-state index in [1.807, 2.05) is 30.0 Å². The lowest BCUT2D eigenvalue weighted by atomic mass is 9.78. The van der Waals surface area contributed by atoms with Crippen molar-refractivity contribution in [3.05, 3.63) is 35.9 Å². The highest BCUT2D eigenvalue weighted by Crippen LogP contribution is 2.40. The van der Waals surface area contributed by atoms with E-state index in [0.717, 1.165) is 44.3 Å². The predicted molar refractivity (Wildman–Crippen MR) is 136 cm³/mol. The lowest BCUT2D eigenvalue weighted by Crippen LogP contribution is -2.55. The van der Waals surface area contributed by atoms with Crippen molar-refractivity contribution in [2.45, 2.75) is 56.9 Å². The number of imide groups is 1. The highest BCUT2D eigenvalue weighted by molar-refractivity contribution is 6.07. The van der Waals surface area contributed by atoms with Crippen LogP contribution in [0.5, 0.6) is 0 Å². The van der Waals surface area contributed by atoms with Crippen LogP contribution in [0.3, 0.4) is 0 Å². The second-order valence-corrected chi connectivity index (χ2v) is 11.1. The van der Waals surface area contributed by atoms with E-state index in [9.17, 15) is 14.4 Å². The summed E-state index contributed by atoms with van der Waals surface area (Å²) in [5, 5.41) is 3.02. The van der Waals surface area contributed by atoms with E-state index in [-0.39, 0.29) is 29.7 Å². The predicted octanol–water partition coefficient (Wildman–Crippen LogP) is 2.84. The smallest absolute Gasteiger partial charge is 0.325 e. The molecular formula is C28H40N4O4. The Labute approximate surface area is 214 Å². The van der Waals surface area contributed by atoms with Gasteiger partial charge in [-0.15, -0.1) is 0 Å². The van der Waals surface area contributed by atoms with Crippen LogP contribution in [0.1, 0.15) is 56.9 Å². The molecule has 0 bridgehead atoms. The third-order valence-electron chi connectivity index (χ3n) is 8.96. The Bertz CT molecular complexity index is 936. The number of carbonyl (C=O) groups excluding carboxylic acids is 3. The number of morpholine rings is 1. The van der Waals surface area contributed by atoms with Crippen molar-refractivity contribution in [2.24, 2.45) is 11.8 Å². The molecule has 0 radical (unpaired) electrons. The number of nitrogens with zero attached hydrogens (tertiary/aromatic N) is 3. The van der Waals surface area contributed by atoms with Crippen molar-refractivity contribution in [2.75, 3.05) is 52.5 Å². The topological polar surface area (TPSA) is 82.2 Å². The largest absolute Gasteiger partial charge is 0.379 e. The van der Waals surface area contributed by atoms with Crippen LogP contribution in [-0.2, 0) is 14.3 Å². The Morgan fingerprint density at radius 3 is 2.33 bits per heavy atom. The molecular weight excluding hydrogens is 456 g/mol. The van der Waals surface area contributed by atoms with Gasteiger partial charge in [0.2, 0.25) is 5.91 Å². The van der Waals surface area contributed by atoms with Gasteiger partial charge < -0.3 is 15.0 Å². The van der Waals surface area contributed by atoms with Crippen LogP contribution in [0.15, 0.2) is 30.3 Å². The van der Waals surface area contributed by atoms with Gasteiger partial charge in [0.05, 0.1) is 19.1 Å². The zero-order chi connectivity index (χ0) is 25.1.